The van der Waals surface area contributed by atoms with E-state index < -0.39 is 0 Å². The largest absolute Gasteiger partial charge is 0.452 e. The number of thiocarbonyl (C=S) groups is 1. The predicted molar refractivity (Wildman–Crippen MR) is 131 cm³/mol. The number of halogens is 1. The number of aromatic nitrogens is 1. The third-order valence-corrected chi connectivity index (χ3v) is 6.83. The van der Waals surface area contributed by atoms with E-state index in [1.807, 2.05) is 60.7 Å². The maximum Gasteiger partial charge on any atom is 0.174 e. The minimum atomic E-state index is -0.159. The third kappa shape index (κ3) is 4.26. The van der Waals surface area contributed by atoms with Crippen molar-refractivity contribution in [3.63, 3.8) is 0 Å². The Kier molecular flexibility index (Phi) is 5.80. The fourth-order valence-corrected chi connectivity index (χ4v) is 5.09. The SMILES string of the molecule is S=C1N[C@H](c2ccccn2)[C@@H](c2ccc(Sc3ccccc3)o2)N1c1ccc(Br)cc1. The number of furan rings is 1. The summed E-state index contributed by atoms with van der Waals surface area (Å²) >= 11 is 10.9. The van der Waals surface area contributed by atoms with E-state index >= 15 is 0 Å². The second-order valence-corrected chi connectivity index (χ2v) is 9.43. The molecule has 4 nitrogen and oxygen atoms in total. The van der Waals surface area contributed by atoms with Crippen molar-refractivity contribution in [3.05, 3.63) is 107 Å². The highest BCUT2D eigenvalue weighted by Gasteiger charge is 2.42. The van der Waals surface area contributed by atoms with E-state index in [-0.39, 0.29) is 12.1 Å². The van der Waals surface area contributed by atoms with Gasteiger partial charge in [-0.1, -0.05) is 52.0 Å². The second-order valence-electron chi connectivity index (χ2n) is 7.04. The molecule has 1 N–H and O–H groups in total. The molecule has 1 fully saturated rings. The first kappa shape index (κ1) is 20.3. The standard InChI is InChI=1S/C24H18BrN3OS2/c25-16-9-11-17(12-10-16)28-23(22(27-24(28)30)19-8-4-5-15-26-19)20-13-14-21(29-20)31-18-6-2-1-3-7-18/h1-15,22-23H,(H,27,30)/t22-,23-/m1/s1. The van der Waals surface area contributed by atoms with Gasteiger partial charge in [0.25, 0.3) is 0 Å². The quantitative estimate of drug-likeness (QED) is 0.300. The lowest BCUT2D eigenvalue weighted by Crippen LogP contribution is -2.29. The summed E-state index contributed by atoms with van der Waals surface area (Å²) in [5.74, 6) is 0.837. The van der Waals surface area contributed by atoms with Gasteiger partial charge in [0.1, 0.15) is 11.8 Å². The second kappa shape index (κ2) is 8.86. The van der Waals surface area contributed by atoms with Crippen LogP contribution in [0.2, 0.25) is 0 Å². The lowest BCUT2D eigenvalue weighted by Gasteiger charge is -2.26. The fraction of sp³-hybridized carbons (Fsp3) is 0.0833. The van der Waals surface area contributed by atoms with Gasteiger partial charge in [0.05, 0.1) is 11.7 Å². The van der Waals surface area contributed by atoms with Crippen LogP contribution in [-0.4, -0.2) is 10.1 Å². The molecule has 4 aromatic rings. The van der Waals surface area contributed by atoms with Crippen molar-refractivity contribution in [1.82, 2.24) is 10.3 Å². The smallest absolute Gasteiger partial charge is 0.174 e. The summed E-state index contributed by atoms with van der Waals surface area (Å²) in [6, 6.07) is 28.0. The van der Waals surface area contributed by atoms with Crippen molar-refractivity contribution in [2.24, 2.45) is 0 Å². The van der Waals surface area contributed by atoms with Gasteiger partial charge >= 0.3 is 0 Å². The van der Waals surface area contributed by atoms with Crippen molar-refractivity contribution >= 4 is 50.7 Å². The highest BCUT2D eigenvalue weighted by molar-refractivity contribution is 9.10. The van der Waals surface area contributed by atoms with Crippen LogP contribution in [0.5, 0.6) is 0 Å². The van der Waals surface area contributed by atoms with Crippen LogP contribution in [0.25, 0.3) is 0 Å². The van der Waals surface area contributed by atoms with E-state index in [0.717, 1.165) is 31.6 Å². The van der Waals surface area contributed by atoms with Crippen molar-refractivity contribution in [1.29, 1.82) is 0 Å². The van der Waals surface area contributed by atoms with E-state index in [1.54, 1.807) is 18.0 Å². The first-order valence-corrected chi connectivity index (χ1v) is 11.8. The third-order valence-electron chi connectivity index (χ3n) is 5.06. The molecule has 3 heterocycles. The number of nitrogens with zero attached hydrogens (tertiary/aromatic N) is 2. The summed E-state index contributed by atoms with van der Waals surface area (Å²) < 4.78 is 7.35. The number of nitrogens with one attached hydrogen (secondary N) is 1. The maximum atomic E-state index is 6.33. The van der Waals surface area contributed by atoms with E-state index in [1.165, 1.54) is 0 Å². The molecule has 0 aliphatic carbocycles. The molecule has 0 unspecified atom stereocenters. The molecule has 5 rings (SSSR count). The summed E-state index contributed by atoms with van der Waals surface area (Å²) in [4.78, 5) is 7.83. The number of pyridine rings is 1. The van der Waals surface area contributed by atoms with Crippen LogP contribution in [0.15, 0.2) is 110 Å². The Balaban J connectivity index is 1.53. The molecular formula is C24H18BrN3OS2. The minimum absolute atomic E-state index is 0.127. The molecule has 31 heavy (non-hydrogen) atoms. The van der Waals surface area contributed by atoms with Crippen LogP contribution in [0.1, 0.15) is 23.5 Å². The number of anilines is 1. The van der Waals surface area contributed by atoms with Crippen molar-refractivity contribution < 1.29 is 4.42 Å². The van der Waals surface area contributed by atoms with Gasteiger partial charge in [-0.05, 0) is 72.9 Å². The Hall–Kier alpha value is -2.61. The van der Waals surface area contributed by atoms with Crippen LogP contribution in [0, 0.1) is 0 Å². The summed E-state index contributed by atoms with van der Waals surface area (Å²) in [5.41, 5.74) is 1.92. The van der Waals surface area contributed by atoms with E-state index in [0.29, 0.717) is 5.11 Å². The number of rotatable bonds is 5. The number of hydrogen-bond acceptors (Lipinski definition) is 4. The van der Waals surface area contributed by atoms with Gasteiger partial charge in [-0.25, -0.2) is 0 Å². The Morgan fingerprint density at radius 2 is 1.71 bits per heavy atom. The lowest BCUT2D eigenvalue weighted by atomic mass is 10.0. The van der Waals surface area contributed by atoms with Crippen LogP contribution >= 0.6 is 39.9 Å². The molecule has 2 aromatic heterocycles. The van der Waals surface area contributed by atoms with E-state index in [9.17, 15) is 0 Å². The van der Waals surface area contributed by atoms with Gasteiger partial charge in [0, 0.05) is 21.3 Å². The zero-order valence-corrected chi connectivity index (χ0v) is 19.5. The molecular weight excluding hydrogens is 490 g/mol. The molecule has 0 amide bonds. The number of benzene rings is 2. The summed E-state index contributed by atoms with van der Waals surface area (Å²) in [6.07, 6.45) is 1.80. The Morgan fingerprint density at radius 1 is 0.935 bits per heavy atom. The Labute approximate surface area is 198 Å². The van der Waals surface area contributed by atoms with Crippen molar-refractivity contribution in [2.45, 2.75) is 22.1 Å². The van der Waals surface area contributed by atoms with Gasteiger partial charge in [-0.3, -0.25) is 4.98 Å². The Bertz CT molecular complexity index is 1180. The Morgan fingerprint density at radius 3 is 2.45 bits per heavy atom. The summed E-state index contributed by atoms with van der Waals surface area (Å²) in [7, 11) is 0. The molecule has 2 atom stereocenters. The predicted octanol–water partition coefficient (Wildman–Crippen LogP) is 6.77. The molecule has 7 heteroatoms. The summed E-state index contributed by atoms with van der Waals surface area (Å²) in [6.45, 7) is 0. The van der Waals surface area contributed by atoms with Crippen LogP contribution in [-0.2, 0) is 0 Å². The topological polar surface area (TPSA) is 41.3 Å². The van der Waals surface area contributed by atoms with Gasteiger partial charge in [-0.15, -0.1) is 0 Å². The molecule has 0 radical (unpaired) electrons. The van der Waals surface area contributed by atoms with Gasteiger partial charge < -0.3 is 14.6 Å². The molecule has 1 aliphatic heterocycles. The van der Waals surface area contributed by atoms with Crippen molar-refractivity contribution in [2.75, 3.05) is 4.90 Å². The molecule has 0 saturated carbocycles. The highest BCUT2D eigenvalue weighted by Crippen LogP contribution is 2.43. The molecule has 1 saturated heterocycles. The van der Waals surface area contributed by atoms with Crippen LogP contribution < -0.4 is 10.2 Å². The highest BCUT2D eigenvalue weighted by atomic mass is 79.9. The van der Waals surface area contributed by atoms with Crippen molar-refractivity contribution in [3.8, 4) is 0 Å². The minimum Gasteiger partial charge on any atom is -0.452 e. The molecule has 154 valence electrons. The monoisotopic (exact) mass is 507 g/mol. The fourth-order valence-electron chi connectivity index (χ4n) is 3.68. The average molecular weight is 508 g/mol. The van der Waals surface area contributed by atoms with Gasteiger partial charge in [0.2, 0.25) is 0 Å². The lowest BCUT2D eigenvalue weighted by molar-refractivity contribution is 0.383. The molecule has 2 aromatic carbocycles. The maximum absolute atomic E-state index is 6.33. The normalized spacial score (nSPS) is 18.2. The van der Waals surface area contributed by atoms with E-state index in [2.05, 4.69) is 55.4 Å². The average Bonchev–Trinajstić information content (AvgIpc) is 3.40. The van der Waals surface area contributed by atoms with E-state index in [4.69, 9.17) is 16.6 Å². The summed E-state index contributed by atoms with van der Waals surface area (Å²) in [5, 5.41) is 4.95. The first-order valence-electron chi connectivity index (χ1n) is 9.78. The zero-order valence-electron chi connectivity index (χ0n) is 16.3. The zero-order chi connectivity index (χ0) is 21.2. The molecule has 1 aliphatic rings. The number of hydrogen-bond donors (Lipinski definition) is 1. The first-order chi connectivity index (χ1) is 15.2. The molecule has 0 bridgehead atoms. The van der Waals surface area contributed by atoms with Crippen LogP contribution in [0.4, 0.5) is 5.69 Å². The van der Waals surface area contributed by atoms with Gasteiger partial charge in [0.15, 0.2) is 10.2 Å². The van der Waals surface area contributed by atoms with Gasteiger partial charge in [-0.2, -0.15) is 0 Å². The van der Waals surface area contributed by atoms with Crippen LogP contribution in [0.3, 0.4) is 0 Å². The molecule has 0 spiro atoms.